The summed E-state index contributed by atoms with van der Waals surface area (Å²) in [6.45, 7) is 3.05. The Morgan fingerprint density at radius 3 is 2.70 bits per heavy atom. The molecule has 1 amide bonds. The fourth-order valence-corrected chi connectivity index (χ4v) is 6.02. The van der Waals surface area contributed by atoms with Crippen molar-refractivity contribution in [2.75, 3.05) is 18.4 Å². The molecule has 9 nitrogen and oxygen atoms in total. The molecular formula is C22H22N4O5S2. The summed E-state index contributed by atoms with van der Waals surface area (Å²) in [6, 6.07) is 11.9. The van der Waals surface area contributed by atoms with E-state index in [4.69, 9.17) is 0 Å². The van der Waals surface area contributed by atoms with Crippen LogP contribution in [-0.2, 0) is 10.0 Å². The van der Waals surface area contributed by atoms with Gasteiger partial charge in [0.25, 0.3) is 11.6 Å². The second-order valence-electron chi connectivity index (χ2n) is 7.93. The van der Waals surface area contributed by atoms with Gasteiger partial charge in [0.2, 0.25) is 10.0 Å². The number of amides is 1. The van der Waals surface area contributed by atoms with Crippen molar-refractivity contribution in [3.05, 3.63) is 69.6 Å². The number of nitrogens with one attached hydrogen (secondary N) is 1. The SMILES string of the molecule is CC1CCCN(S(=O)(=O)c2ccc(C(=O)Nc3nc(-c4cccc([N+](=O)[O-])c4)cs3)cc2)C1. The third-order valence-electron chi connectivity index (χ3n) is 5.45. The monoisotopic (exact) mass is 486 g/mol. The zero-order chi connectivity index (χ0) is 23.6. The van der Waals surface area contributed by atoms with E-state index in [1.54, 1.807) is 17.5 Å². The summed E-state index contributed by atoms with van der Waals surface area (Å²) in [5.41, 5.74) is 1.34. The van der Waals surface area contributed by atoms with Crippen molar-refractivity contribution >= 4 is 38.1 Å². The van der Waals surface area contributed by atoms with Crippen molar-refractivity contribution in [3.63, 3.8) is 0 Å². The molecule has 1 aliphatic rings. The van der Waals surface area contributed by atoms with Gasteiger partial charge in [-0.15, -0.1) is 11.3 Å². The maximum absolute atomic E-state index is 12.9. The number of rotatable bonds is 6. The molecule has 0 saturated carbocycles. The van der Waals surface area contributed by atoms with Crippen LogP contribution in [0, 0.1) is 16.0 Å². The van der Waals surface area contributed by atoms with Crippen molar-refractivity contribution in [1.29, 1.82) is 0 Å². The fraction of sp³-hybridized carbons (Fsp3) is 0.273. The van der Waals surface area contributed by atoms with Crippen LogP contribution >= 0.6 is 11.3 Å². The third-order valence-corrected chi connectivity index (χ3v) is 8.09. The average Bonchev–Trinajstić information content (AvgIpc) is 3.27. The second-order valence-corrected chi connectivity index (χ2v) is 10.7. The van der Waals surface area contributed by atoms with Crippen molar-refractivity contribution in [1.82, 2.24) is 9.29 Å². The normalized spacial score (nSPS) is 16.9. The molecule has 1 aliphatic heterocycles. The number of carbonyl (C=O) groups is 1. The Balaban J connectivity index is 1.45. The lowest BCUT2D eigenvalue weighted by molar-refractivity contribution is -0.384. The van der Waals surface area contributed by atoms with Crippen LogP contribution in [0.15, 0.2) is 58.8 Å². The number of thiazole rings is 1. The van der Waals surface area contributed by atoms with Gasteiger partial charge in [0.15, 0.2) is 5.13 Å². The first-order valence-electron chi connectivity index (χ1n) is 10.4. The Hall–Kier alpha value is -3.15. The molecule has 0 aliphatic carbocycles. The van der Waals surface area contributed by atoms with Gasteiger partial charge in [-0.05, 0) is 43.0 Å². The highest BCUT2D eigenvalue weighted by Crippen LogP contribution is 2.28. The highest BCUT2D eigenvalue weighted by molar-refractivity contribution is 7.89. The summed E-state index contributed by atoms with van der Waals surface area (Å²) in [4.78, 5) is 27.6. The number of hydrogen-bond donors (Lipinski definition) is 1. The molecule has 1 atom stereocenters. The zero-order valence-corrected chi connectivity index (χ0v) is 19.4. The van der Waals surface area contributed by atoms with E-state index >= 15 is 0 Å². The predicted molar refractivity (Wildman–Crippen MR) is 126 cm³/mol. The summed E-state index contributed by atoms with van der Waals surface area (Å²) in [7, 11) is -3.59. The summed E-state index contributed by atoms with van der Waals surface area (Å²) in [6.07, 6.45) is 1.86. The molecule has 1 unspecified atom stereocenters. The van der Waals surface area contributed by atoms with Crippen LogP contribution in [0.5, 0.6) is 0 Å². The van der Waals surface area contributed by atoms with Crippen LogP contribution in [-0.4, -0.2) is 41.6 Å². The molecule has 1 aromatic heterocycles. The van der Waals surface area contributed by atoms with E-state index in [9.17, 15) is 23.3 Å². The van der Waals surface area contributed by atoms with Gasteiger partial charge < -0.3 is 0 Å². The highest BCUT2D eigenvalue weighted by Gasteiger charge is 2.28. The van der Waals surface area contributed by atoms with E-state index in [1.165, 1.54) is 52.0 Å². The Bertz CT molecular complexity index is 1290. The number of nitrogens with zero attached hydrogens (tertiary/aromatic N) is 3. The highest BCUT2D eigenvalue weighted by atomic mass is 32.2. The Kier molecular flexibility index (Phi) is 6.54. The second kappa shape index (κ2) is 9.38. The molecule has 1 fully saturated rings. The average molecular weight is 487 g/mol. The molecule has 0 bridgehead atoms. The van der Waals surface area contributed by atoms with Crippen LogP contribution in [0.2, 0.25) is 0 Å². The Morgan fingerprint density at radius 2 is 2.00 bits per heavy atom. The van der Waals surface area contributed by atoms with Gasteiger partial charge in [0.05, 0.1) is 15.5 Å². The molecule has 4 rings (SSSR count). The van der Waals surface area contributed by atoms with Gasteiger partial charge in [0, 0.05) is 41.7 Å². The van der Waals surface area contributed by atoms with E-state index < -0.39 is 20.9 Å². The van der Waals surface area contributed by atoms with E-state index in [1.807, 2.05) is 6.92 Å². The molecule has 2 heterocycles. The van der Waals surface area contributed by atoms with Gasteiger partial charge in [-0.2, -0.15) is 4.31 Å². The van der Waals surface area contributed by atoms with E-state index in [0.29, 0.717) is 41.0 Å². The predicted octanol–water partition coefficient (Wildman–Crippen LogP) is 4.39. The molecule has 33 heavy (non-hydrogen) atoms. The summed E-state index contributed by atoms with van der Waals surface area (Å²) >= 11 is 1.19. The number of benzene rings is 2. The first-order chi connectivity index (χ1) is 15.7. The minimum absolute atomic E-state index is 0.0415. The van der Waals surface area contributed by atoms with Crippen LogP contribution < -0.4 is 5.32 Å². The van der Waals surface area contributed by atoms with Crippen LogP contribution in [0.1, 0.15) is 30.1 Å². The zero-order valence-electron chi connectivity index (χ0n) is 17.8. The standard InChI is InChI=1S/C22H22N4O5S2/c1-15-4-3-11-25(13-15)33(30,31)19-9-7-16(8-10-19)21(27)24-22-23-20(14-32-22)17-5-2-6-18(12-17)26(28)29/h2,5-10,12,14-15H,3-4,11,13H2,1H3,(H,23,24,27). The number of anilines is 1. The molecule has 3 aromatic rings. The Labute approximate surface area is 195 Å². The van der Waals surface area contributed by atoms with Crippen molar-refractivity contribution < 1.29 is 18.1 Å². The maximum atomic E-state index is 12.9. The van der Waals surface area contributed by atoms with E-state index in [-0.39, 0.29) is 10.6 Å². The Morgan fingerprint density at radius 1 is 1.24 bits per heavy atom. The number of sulfonamides is 1. The van der Waals surface area contributed by atoms with Gasteiger partial charge in [-0.3, -0.25) is 20.2 Å². The summed E-state index contributed by atoms with van der Waals surface area (Å²) in [5, 5.41) is 15.7. The number of nitro groups is 1. The number of nitro benzene ring substituents is 1. The number of aromatic nitrogens is 1. The first kappa shape index (κ1) is 23.0. The molecular weight excluding hydrogens is 464 g/mol. The lowest BCUT2D eigenvalue weighted by Gasteiger charge is -2.30. The largest absolute Gasteiger partial charge is 0.298 e. The van der Waals surface area contributed by atoms with Gasteiger partial charge >= 0.3 is 0 Å². The van der Waals surface area contributed by atoms with Gasteiger partial charge in [0.1, 0.15) is 0 Å². The molecule has 1 N–H and O–H groups in total. The van der Waals surface area contributed by atoms with Crippen molar-refractivity contribution in [3.8, 4) is 11.3 Å². The van der Waals surface area contributed by atoms with Crippen molar-refractivity contribution in [2.24, 2.45) is 5.92 Å². The van der Waals surface area contributed by atoms with Gasteiger partial charge in [-0.25, -0.2) is 13.4 Å². The van der Waals surface area contributed by atoms with E-state index in [0.717, 1.165) is 12.8 Å². The minimum atomic E-state index is -3.59. The van der Waals surface area contributed by atoms with Crippen LogP contribution in [0.3, 0.4) is 0 Å². The van der Waals surface area contributed by atoms with Crippen LogP contribution in [0.25, 0.3) is 11.3 Å². The number of non-ortho nitro benzene ring substituents is 1. The molecule has 172 valence electrons. The first-order valence-corrected chi connectivity index (χ1v) is 12.7. The lowest BCUT2D eigenvalue weighted by atomic mass is 10.0. The van der Waals surface area contributed by atoms with E-state index in [2.05, 4.69) is 10.3 Å². The summed E-state index contributed by atoms with van der Waals surface area (Å²) < 4.78 is 27.3. The molecule has 2 aromatic carbocycles. The smallest absolute Gasteiger partial charge is 0.270 e. The number of hydrogen-bond acceptors (Lipinski definition) is 7. The lowest BCUT2D eigenvalue weighted by Crippen LogP contribution is -2.39. The fourth-order valence-electron chi connectivity index (χ4n) is 3.70. The quantitative estimate of drug-likeness (QED) is 0.407. The maximum Gasteiger partial charge on any atom is 0.270 e. The third kappa shape index (κ3) is 5.10. The molecule has 1 saturated heterocycles. The summed E-state index contributed by atoms with van der Waals surface area (Å²) in [5.74, 6) is -0.103. The minimum Gasteiger partial charge on any atom is -0.298 e. The molecule has 0 spiro atoms. The van der Waals surface area contributed by atoms with Gasteiger partial charge in [-0.1, -0.05) is 19.1 Å². The number of piperidine rings is 1. The van der Waals surface area contributed by atoms with Crippen molar-refractivity contribution in [2.45, 2.75) is 24.7 Å². The molecule has 11 heteroatoms. The number of carbonyl (C=O) groups excluding carboxylic acids is 1. The topological polar surface area (TPSA) is 123 Å². The molecule has 0 radical (unpaired) electrons. The van der Waals surface area contributed by atoms with Crippen LogP contribution in [0.4, 0.5) is 10.8 Å².